The maximum atomic E-state index is 13.0. The van der Waals surface area contributed by atoms with Crippen LogP contribution in [0.1, 0.15) is 49.7 Å². The second-order valence-electron chi connectivity index (χ2n) is 9.92. The number of hydrogen-bond acceptors (Lipinski definition) is 5. The minimum Gasteiger partial charge on any atom is -0.396 e. The lowest BCUT2D eigenvalue weighted by Gasteiger charge is -2.34. The fourth-order valence-corrected chi connectivity index (χ4v) is 7.76. The molecule has 2 unspecified atom stereocenters. The molecule has 2 aromatic carbocycles. The van der Waals surface area contributed by atoms with E-state index in [1.54, 1.807) is 23.5 Å². The third-order valence-corrected chi connectivity index (χ3v) is 10.1. The predicted molar refractivity (Wildman–Crippen MR) is 162 cm³/mol. The van der Waals surface area contributed by atoms with Crippen LogP contribution in [0.4, 0.5) is 0 Å². The summed E-state index contributed by atoms with van der Waals surface area (Å²) in [7, 11) is 0. The summed E-state index contributed by atoms with van der Waals surface area (Å²) in [6, 6.07) is 20.9. The monoisotopic (exact) mass is 546 g/mol. The molecular weight excluding hydrogens is 508 g/mol. The highest BCUT2D eigenvalue weighted by atomic mass is 32.2. The Morgan fingerprint density at radius 3 is 1.50 bits per heavy atom. The van der Waals surface area contributed by atoms with E-state index >= 15 is 0 Å². The van der Waals surface area contributed by atoms with Gasteiger partial charge in [-0.05, 0) is 36.8 Å². The molecule has 0 aliphatic heterocycles. The van der Waals surface area contributed by atoms with Gasteiger partial charge in [0.05, 0.1) is 22.7 Å². The molecule has 0 bridgehead atoms. The Bertz CT molecular complexity index is 1080. The Labute approximate surface area is 235 Å². The van der Waals surface area contributed by atoms with Gasteiger partial charge in [0.25, 0.3) is 0 Å². The maximum absolute atomic E-state index is 13.0. The summed E-state index contributed by atoms with van der Waals surface area (Å²) < 4.78 is -0.382. The normalized spacial score (nSPS) is 22.7. The number of carbonyl (C=O) groups excluding carboxylic acids is 1. The predicted octanol–water partition coefficient (Wildman–Crippen LogP) is 7.13. The fraction of sp³-hybridized carbons (Fsp3) is 0.364. The van der Waals surface area contributed by atoms with Crippen LogP contribution in [-0.4, -0.2) is 40.7 Å². The van der Waals surface area contributed by atoms with Crippen molar-refractivity contribution < 1.29 is 15.0 Å². The van der Waals surface area contributed by atoms with Crippen molar-refractivity contribution in [3.05, 3.63) is 119 Å². The summed E-state index contributed by atoms with van der Waals surface area (Å²) in [5.41, 5.74) is 5.06. The van der Waals surface area contributed by atoms with Gasteiger partial charge in [0, 0.05) is 24.3 Å². The van der Waals surface area contributed by atoms with Gasteiger partial charge < -0.3 is 10.2 Å². The molecule has 2 atom stereocenters. The zero-order chi connectivity index (χ0) is 26.7. The van der Waals surface area contributed by atoms with E-state index in [0.717, 1.165) is 25.7 Å². The van der Waals surface area contributed by atoms with Crippen molar-refractivity contribution in [2.45, 2.75) is 48.0 Å². The van der Waals surface area contributed by atoms with E-state index in [1.165, 1.54) is 22.3 Å². The molecule has 4 rings (SSSR count). The summed E-state index contributed by atoms with van der Waals surface area (Å²) >= 11 is 3.55. The molecule has 0 radical (unpaired) electrons. The van der Waals surface area contributed by atoms with Crippen molar-refractivity contribution in [3.63, 3.8) is 0 Å². The highest BCUT2D eigenvalue weighted by Gasteiger charge is 2.33. The SMILES string of the molecule is O=C(CCC1=CC=CC(SCCO)(c2ccccc2)C1)CCC1=CC=CC(SCCO)(c2ccccc2)C1. The molecule has 2 N–H and O–H groups in total. The fourth-order valence-electron chi connectivity index (χ4n) is 5.32. The average molecular weight is 547 g/mol. The van der Waals surface area contributed by atoms with Crippen molar-refractivity contribution in [1.29, 1.82) is 0 Å². The standard InChI is InChI=1S/C33H38O3S2/c34-21-23-37-32(29-11-3-1-4-12-29)19-7-9-27(25-32)15-17-31(36)18-16-28-10-8-20-33(26-28,38-24-22-35)30-13-5-2-6-14-30/h1-14,19-20,34-35H,15-18,21-26H2. The van der Waals surface area contributed by atoms with Crippen LogP contribution < -0.4 is 0 Å². The van der Waals surface area contributed by atoms with Gasteiger partial charge in [-0.1, -0.05) is 108 Å². The number of allylic oxidation sites excluding steroid dienone is 6. The summed E-state index contributed by atoms with van der Waals surface area (Å²) in [5.74, 6) is 1.66. The lowest BCUT2D eigenvalue weighted by Crippen LogP contribution is -2.24. The Kier molecular flexibility index (Phi) is 10.7. The van der Waals surface area contributed by atoms with Crippen LogP contribution in [-0.2, 0) is 14.3 Å². The molecule has 2 aliphatic rings. The van der Waals surface area contributed by atoms with Gasteiger partial charge in [0.15, 0.2) is 0 Å². The number of aliphatic hydroxyl groups excluding tert-OH is 2. The quantitative estimate of drug-likeness (QED) is 0.264. The van der Waals surface area contributed by atoms with Crippen molar-refractivity contribution in [1.82, 2.24) is 0 Å². The molecule has 0 heterocycles. The smallest absolute Gasteiger partial charge is 0.133 e. The Hall–Kier alpha value is -2.31. The first-order valence-corrected chi connectivity index (χ1v) is 15.4. The molecule has 38 heavy (non-hydrogen) atoms. The molecule has 0 aromatic heterocycles. The maximum Gasteiger partial charge on any atom is 0.133 e. The number of aliphatic hydroxyl groups is 2. The van der Waals surface area contributed by atoms with Crippen molar-refractivity contribution in [2.24, 2.45) is 0 Å². The zero-order valence-corrected chi connectivity index (χ0v) is 23.6. The van der Waals surface area contributed by atoms with E-state index in [2.05, 4.69) is 85.0 Å². The zero-order valence-electron chi connectivity index (χ0n) is 21.9. The van der Waals surface area contributed by atoms with Crippen molar-refractivity contribution in [3.8, 4) is 0 Å². The van der Waals surface area contributed by atoms with Gasteiger partial charge in [-0.3, -0.25) is 4.79 Å². The van der Waals surface area contributed by atoms with Crippen LogP contribution >= 0.6 is 23.5 Å². The summed E-state index contributed by atoms with van der Waals surface area (Å²) in [6.45, 7) is 0.305. The van der Waals surface area contributed by atoms with Gasteiger partial charge in [0.2, 0.25) is 0 Å². The van der Waals surface area contributed by atoms with Gasteiger partial charge >= 0.3 is 0 Å². The lowest BCUT2D eigenvalue weighted by molar-refractivity contribution is -0.119. The Morgan fingerprint density at radius 1 is 0.684 bits per heavy atom. The third kappa shape index (κ3) is 7.41. The van der Waals surface area contributed by atoms with E-state index in [0.29, 0.717) is 30.1 Å². The first kappa shape index (κ1) is 28.7. The van der Waals surface area contributed by atoms with Crippen LogP contribution in [0.15, 0.2) is 108 Å². The van der Waals surface area contributed by atoms with Crippen LogP contribution in [0.3, 0.4) is 0 Å². The molecule has 5 heteroatoms. The van der Waals surface area contributed by atoms with Crippen LogP contribution in [0.5, 0.6) is 0 Å². The van der Waals surface area contributed by atoms with E-state index < -0.39 is 0 Å². The van der Waals surface area contributed by atoms with Gasteiger partial charge in [0.1, 0.15) is 5.78 Å². The van der Waals surface area contributed by atoms with Crippen molar-refractivity contribution >= 4 is 29.3 Å². The number of hydrogen-bond donors (Lipinski definition) is 2. The summed E-state index contributed by atoms with van der Waals surface area (Å²) in [5, 5.41) is 19.0. The lowest BCUT2D eigenvalue weighted by atomic mass is 9.84. The highest BCUT2D eigenvalue weighted by molar-refractivity contribution is 8.00. The molecule has 0 amide bonds. The first-order chi connectivity index (χ1) is 18.6. The number of ketones is 1. The molecule has 0 fully saturated rings. The van der Waals surface area contributed by atoms with E-state index in [-0.39, 0.29) is 22.7 Å². The van der Waals surface area contributed by atoms with Crippen LogP contribution in [0.25, 0.3) is 0 Å². The first-order valence-electron chi connectivity index (χ1n) is 13.5. The third-order valence-electron chi connectivity index (χ3n) is 7.25. The van der Waals surface area contributed by atoms with Crippen LogP contribution in [0.2, 0.25) is 0 Å². The van der Waals surface area contributed by atoms with Crippen LogP contribution in [0, 0.1) is 0 Å². The topological polar surface area (TPSA) is 57.5 Å². The number of thioether (sulfide) groups is 2. The molecule has 3 nitrogen and oxygen atoms in total. The number of carbonyl (C=O) groups is 1. The minimum absolute atomic E-state index is 0.153. The minimum atomic E-state index is -0.191. The van der Waals surface area contributed by atoms with Gasteiger partial charge in [-0.25, -0.2) is 0 Å². The van der Waals surface area contributed by atoms with Gasteiger partial charge in [-0.2, -0.15) is 0 Å². The van der Waals surface area contributed by atoms with E-state index in [1.807, 2.05) is 12.1 Å². The molecule has 0 saturated carbocycles. The Balaban J connectivity index is 1.33. The summed E-state index contributed by atoms with van der Waals surface area (Å²) in [4.78, 5) is 13.0. The number of rotatable bonds is 14. The van der Waals surface area contributed by atoms with Crippen molar-refractivity contribution in [2.75, 3.05) is 24.7 Å². The number of benzene rings is 2. The largest absolute Gasteiger partial charge is 0.396 e. The highest BCUT2D eigenvalue weighted by Crippen LogP contribution is 2.47. The molecular formula is C33H38O3S2. The average Bonchev–Trinajstić information content (AvgIpc) is 2.98. The molecule has 0 spiro atoms. The van der Waals surface area contributed by atoms with E-state index in [9.17, 15) is 15.0 Å². The number of Topliss-reactive ketones (excluding diaryl/α,β-unsaturated/α-hetero) is 1. The molecule has 2 aliphatic carbocycles. The van der Waals surface area contributed by atoms with Gasteiger partial charge in [-0.15, -0.1) is 23.5 Å². The Morgan fingerprint density at radius 2 is 1.11 bits per heavy atom. The second-order valence-corrected chi connectivity index (χ2v) is 12.8. The van der Waals surface area contributed by atoms with E-state index in [4.69, 9.17) is 0 Å². The second kappa shape index (κ2) is 14.2. The molecule has 2 aromatic rings. The molecule has 200 valence electrons. The molecule has 0 saturated heterocycles. The summed E-state index contributed by atoms with van der Waals surface area (Å²) in [6.07, 6.45) is 17.4.